The first-order chi connectivity index (χ1) is 10.1. The van der Waals surface area contributed by atoms with Gasteiger partial charge in [-0.05, 0) is 24.6 Å². The number of urea groups is 2. The van der Waals surface area contributed by atoms with Crippen LogP contribution in [0.1, 0.15) is 19.8 Å². The second-order valence-corrected chi connectivity index (χ2v) is 5.14. The van der Waals surface area contributed by atoms with Crippen molar-refractivity contribution in [1.82, 2.24) is 10.2 Å². The third-order valence-corrected chi connectivity index (χ3v) is 3.46. The SMILES string of the molecule is CCCCN(C)C(=O)Nc1cccc(N2CCNC2=O)c1. The van der Waals surface area contributed by atoms with Crippen LogP contribution in [-0.4, -0.2) is 43.6 Å². The molecule has 1 heterocycles. The van der Waals surface area contributed by atoms with E-state index >= 15 is 0 Å². The minimum Gasteiger partial charge on any atom is -0.336 e. The van der Waals surface area contributed by atoms with E-state index in [4.69, 9.17) is 0 Å². The first-order valence-electron chi connectivity index (χ1n) is 7.29. The Morgan fingerprint density at radius 3 is 2.95 bits per heavy atom. The zero-order valence-electron chi connectivity index (χ0n) is 12.6. The number of hydrogen-bond donors (Lipinski definition) is 2. The van der Waals surface area contributed by atoms with E-state index in [1.165, 1.54) is 0 Å². The van der Waals surface area contributed by atoms with E-state index in [9.17, 15) is 9.59 Å². The standard InChI is InChI=1S/C15H22N4O2/c1-3-4-9-18(2)15(21)17-12-6-5-7-13(11-12)19-10-8-16-14(19)20/h5-7,11H,3-4,8-10H2,1-2H3,(H,16,20)(H,17,21). The number of nitrogens with one attached hydrogen (secondary N) is 2. The minimum atomic E-state index is -0.133. The van der Waals surface area contributed by atoms with E-state index in [0.717, 1.165) is 25.1 Å². The molecule has 114 valence electrons. The van der Waals surface area contributed by atoms with Crippen molar-refractivity contribution in [2.45, 2.75) is 19.8 Å². The number of amides is 4. The number of hydrogen-bond acceptors (Lipinski definition) is 2. The predicted molar refractivity (Wildman–Crippen MR) is 83.7 cm³/mol. The molecule has 4 amide bonds. The van der Waals surface area contributed by atoms with E-state index in [0.29, 0.717) is 18.8 Å². The maximum Gasteiger partial charge on any atom is 0.321 e. The molecule has 21 heavy (non-hydrogen) atoms. The summed E-state index contributed by atoms with van der Waals surface area (Å²) in [6.07, 6.45) is 2.04. The van der Waals surface area contributed by atoms with Crippen LogP contribution in [-0.2, 0) is 0 Å². The van der Waals surface area contributed by atoms with Gasteiger partial charge in [0.05, 0.1) is 0 Å². The van der Waals surface area contributed by atoms with Gasteiger partial charge in [-0.2, -0.15) is 0 Å². The van der Waals surface area contributed by atoms with Crippen LogP contribution in [0.5, 0.6) is 0 Å². The molecule has 1 fully saturated rings. The molecule has 2 N–H and O–H groups in total. The monoisotopic (exact) mass is 290 g/mol. The molecule has 6 heteroatoms. The van der Waals surface area contributed by atoms with Gasteiger partial charge >= 0.3 is 12.1 Å². The molecule has 1 aromatic rings. The lowest BCUT2D eigenvalue weighted by Gasteiger charge is -2.19. The Kier molecular flexibility index (Phi) is 5.03. The van der Waals surface area contributed by atoms with Crippen molar-refractivity contribution in [2.75, 3.05) is 36.9 Å². The van der Waals surface area contributed by atoms with Crippen molar-refractivity contribution < 1.29 is 9.59 Å². The van der Waals surface area contributed by atoms with E-state index in [1.54, 1.807) is 16.8 Å². The Morgan fingerprint density at radius 2 is 2.29 bits per heavy atom. The first kappa shape index (κ1) is 15.2. The van der Waals surface area contributed by atoms with Gasteiger partial charge in [-0.15, -0.1) is 0 Å². The molecule has 0 saturated carbocycles. The number of anilines is 2. The van der Waals surface area contributed by atoms with Gasteiger partial charge in [-0.1, -0.05) is 19.4 Å². The van der Waals surface area contributed by atoms with Crippen molar-refractivity contribution >= 4 is 23.4 Å². The highest BCUT2D eigenvalue weighted by molar-refractivity contribution is 5.95. The lowest BCUT2D eigenvalue weighted by Crippen LogP contribution is -2.32. The number of rotatable bonds is 5. The van der Waals surface area contributed by atoms with Crippen molar-refractivity contribution in [2.24, 2.45) is 0 Å². The molecular weight excluding hydrogens is 268 g/mol. The third kappa shape index (κ3) is 3.87. The summed E-state index contributed by atoms with van der Waals surface area (Å²) >= 11 is 0. The Morgan fingerprint density at radius 1 is 1.48 bits per heavy atom. The van der Waals surface area contributed by atoms with Gasteiger partial charge in [0.1, 0.15) is 0 Å². The highest BCUT2D eigenvalue weighted by atomic mass is 16.2. The van der Waals surface area contributed by atoms with E-state index < -0.39 is 0 Å². The van der Waals surface area contributed by atoms with Crippen LogP contribution in [0.4, 0.5) is 21.0 Å². The van der Waals surface area contributed by atoms with E-state index in [1.807, 2.05) is 24.3 Å². The van der Waals surface area contributed by atoms with Crippen LogP contribution in [0.25, 0.3) is 0 Å². The Labute approximate surface area is 125 Å². The number of carbonyl (C=O) groups excluding carboxylic acids is 2. The molecule has 2 rings (SSSR count). The highest BCUT2D eigenvalue weighted by Gasteiger charge is 2.21. The molecule has 0 radical (unpaired) electrons. The smallest absolute Gasteiger partial charge is 0.321 e. The molecule has 1 aliphatic heterocycles. The number of unbranched alkanes of at least 4 members (excludes halogenated alkanes) is 1. The summed E-state index contributed by atoms with van der Waals surface area (Å²) < 4.78 is 0. The van der Waals surface area contributed by atoms with Crippen LogP contribution in [0.2, 0.25) is 0 Å². The van der Waals surface area contributed by atoms with Gasteiger partial charge in [0, 0.05) is 38.1 Å². The van der Waals surface area contributed by atoms with E-state index in [-0.39, 0.29) is 12.1 Å². The molecule has 1 aliphatic rings. The average molecular weight is 290 g/mol. The van der Waals surface area contributed by atoms with E-state index in [2.05, 4.69) is 17.6 Å². The van der Waals surface area contributed by atoms with Gasteiger partial charge < -0.3 is 15.5 Å². The molecule has 6 nitrogen and oxygen atoms in total. The average Bonchev–Trinajstić information content (AvgIpc) is 2.91. The summed E-state index contributed by atoms with van der Waals surface area (Å²) in [6.45, 7) is 4.12. The number of nitrogens with zero attached hydrogens (tertiary/aromatic N) is 2. The summed E-state index contributed by atoms with van der Waals surface area (Å²) in [5.41, 5.74) is 1.49. The largest absolute Gasteiger partial charge is 0.336 e. The topological polar surface area (TPSA) is 64.7 Å². The minimum absolute atomic E-state index is 0.0986. The molecule has 0 spiro atoms. The van der Waals surface area contributed by atoms with Gasteiger partial charge in [0.25, 0.3) is 0 Å². The lowest BCUT2D eigenvalue weighted by molar-refractivity contribution is 0.222. The predicted octanol–water partition coefficient (Wildman–Crippen LogP) is 2.48. The quantitative estimate of drug-likeness (QED) is 0.875. The summed E-state index contributed by atoms with van der Waals surface area (Å²) in [5, 5.41) is 5.62. The summed E-state index contributed by atoms with van der Waals surface area (Å²) in [7, 11) is 1.78. The van der Waals surface area contributed by atoms with Crippen LogP contribution >= 0.6 is 0 Å². The highest BCUT2D eigenvalue weighted by Crippen LogP contribution is 2.21. The van der Waals surface area contributed by atoms with Crippen LogP contribution in [0.15, 0.2) is 24.3 Å². The lowest BCUT2D eigenvalue weighted by atomic mass is 10.2. The fourth-order valence-electron chi connectivity index (χ4n) is 2.19. The molecule has 0 bridgehead atoms. The van der Waals surface area contributed by atoms with Crippen LogP contribution in [0.3, 0.4) is 0 Å². The molecule has 0 aromatic heterocycles. The second kappa shape index (κ2) is 6.97. The second-order valence-electron chi connectivity index (χ2n) is 5.14. The number of carbonyl (C=O) groups is 2. The normalized spacial score (nSPS) is 14.0. The zero-order valence-corrected chi connectivity index (χ0v) is 12.6. The third-order valence-electron chi connectivity index (χ3n) is 3.46. The van der Waals surface area contributed by atoms with Crippen LogP contribution < -0.4 is 15.5 Å². The molecule has 0 unspecified atom stereocenters. The maximum absolute atomic E-state index is 12.0. The maximum atomic E-state index is 12.0. The molecule has 1 saturated heterocycles. The van der Waals surface area contributed by atoms with Gasteiger partial charge in [0.15, 0.2) is 0 Å². The zero-order chi connectivity index (χ0) is 15.2. The summed E-state index contributed by atoms with van der Waals surface area (Å²) in [4.78, 5) is 27.0. The number of benzene rings is 1. The molecule has 1 aromatic carbocycles. The molecular formula is C15H22N4O2. The summed E-state index contributed by atoms with van der Waals surface area (Å²) in [5.74, 6) is 0. The van der Waals surface area contributed by atoms with Crippen molar-refractivity contribution in [3.63, 3.8) is 0 Å². The molecule has 0 atom stereocenters. The fourth-order valence-corrected chi connectivity index (χ4v) is 2.19. The Hall–Kier alpha value is -2.24. The van der Waals surface area contributed by atoms with Gasteiger partial charge in [-0.25, -0.2) is 9.59 Å². The van der Waals surface area contributed by atoms with Crippen molar-refractivity contribution in [3.8, 4) is 0 Å². The Bertz CT molecular complexity index is 518. The molecule has 0 aliphatic carbocycles. The summed E-state index contributed by atoms with van der Waals surface area (Å²) in [6, 6.07) is 7.11. The van der Waals surface area contributed by atoms with Gasteiger partial charge in [0.2, 0.25) is 0 Å². The fraction of sp³-hybridized carbons (Fsp3) is 0.467. The first-order valence-corrected chi connectivity index (χ1v) is 7.29. The van der Waals surface area contributed by atoms with Crippen molar-refractivity contribution in [3.05, 3.63) is 24.3 Å². The van der Waals surface area contributed by atoms with Crippen LogP contribution in [0, 0.1) is 0 Å². The Balaban J connectivity index is 2.01. The van der Waals surface area contributed by atoms with Crippen molar-refractivity contribution in [1.29, 1.82) is 0 Å². The van der Waals surface area contributed by atoms with Gasteiger partial charge in [-0.3, -0.25) is 4.90 Å².